The standard InChI is InChI=1S/C11H11ClN2O/c1-6-8(12)4-5-9-10(6)13-11(7(2)15)14(9)3/h4-5H,1-3H3. The van der Waals surface area contributed by atoms with E-state index in [0.717, 1.165) is 16.6 Å². The SMILES string of the molecule is CC(=O)c1nc2c(C)c(Cl)ccc2n1C. The zero-order valence-corrected chi connectivity index (χ0v) is 9.59. The molecule has 1 aromatic carbocycles. The van der Waals surface area contributed by atoms with Crippen LogP contribution >= 0.6 is 11.6 Å². The molecule has 4 heteroatoms. The van der Waals surface area contributed by atoms with Crippen LogP contribution in [0.25, 0.3) is 11.0 Å². The summed E-state index contributed by atoms with van der Waals surface area (Å²) in [5.41, 5.74) is 2.65. The number of imidazole rings is 1. The fourth-order valence-electron chi connectivity index (χ4n) is 1.68. The Bertz CT molecular complexity index is 557. The van der Waals surface area contributed by atoms with Crippen molar-refractivity contribution in [3.8, 4) is 0 Å². The Balaban J connectivity index is 2.88. The lowest BCUT2D eigenvalue weighted by molar-refractivity contribution is 0.100. The Hall–Kier alpha value is -1.35. The van der Waals surface area contributed by atoms with E-state index in [2.05, 4.69) is 4.98 Å². The minimum Gasteiger partial charge on any atom is -0.325 e. The number of aryl methyl sites for hydroxylation is 2. The Morgan fingerprint density at radius 2 is 2.13 bits per heavy atom. The summed E-state index contributed by atoms with van der Waals surface area (Å²) < 4.78 is 1.79. The molecule has 0 aliphatic carbocycles. The molecular weight excluding hydrogens is 212 g/mol. The fraction of sp³-hybridized carbons (Fsp3) is 0.273. The molecule has 15 heavy (non-hydrogen) atoms. The van der Waals surface area contributed by atoms with Gasteiger partial charge in [0.25, 0.3) is 0 Å². The van der Waals surface area contributed by atoms with Crippen molar-refractivity contribution in [2.24, 2.45) is 7.05 Å². The van der Waals surface area contributed by atoms with E-state index >= 15 is 0 Å². The van der Waals surface area contributed by atoms with Crippen LogP contribution in [0.2, 0.25) is 5.02 Å². The van der Waals surface area contributed by atoms with Crippen LogP contribution in [0.5, 0.6) is 0 Å². The summed E-state index contributed by atoms with van der Waals surface area (Å²) in [7, 11) is 1.83. The van der Waals surface area contributed by atoms with E-state index in [1.165, 1.54) is 6.92 Å². The summed E-state index contributed by atoms with van der Waals surface area (Å²) >= 11 is 5.99. The van der Waals surface area contributed by atoms with Crippen molar-refractivity contribution < 1.29 is 4.79 Å². The highest BCUT2D eigenvalue weighted by Crippen LogP contribution is 2.25. The molecule has 0 spiro atoms. The van der Waals surface area contributed by atoms with E-state index in [1.54, 1.807) is 4.57 Å². The lowest BCUT2D eigenvalue weighted by Gasteiger charge is -1.99. The molecule has 2 rings (SSSR count). The predicted octanol–water partition coefficient (Wildman–Crippen LogP) is 2.74. The fourth-order valence-corrected chi connectivity index (χ4v) is 1.84. The normalized spacial score (nSPS) is 10.9. The van der Waals surface area contributed by atoms with Gasteiger partial charge in [0.05, 0.1) is 11.0 Å². The summed E-state index contributed by atoms with van der Waals surface area (Å²) in [6, 6.07) is 3.70. The molecule has 0 saturated carbocycles. The maximum Gasteiger partial charge on any atom is 0.195 e. The van der Waals surface area contributed by atoms with Crippen molar-refractivity contribution in [1.82, 2.24) is 9.55 Å². The molecule has 0 radical (unpaired) electrons. The van der Waals surface area contributed by atoms with Gasteiger partial charge in [-0.15, -0.1) is 0 Å². The lowest BCUT2D eigenvalue weighted by atomic mass is 10.2. The number of hydrogen-bond acceptors (Lipinski definition) is 2. The monoisotopic (exact) mass is 222 g/mol. The van der Waals surface area contributed by atoms with E-state index < -0.39 is 0 Å². The Kier molecular flexibility index (Phi) is 2.27. The number of carbonyl (C=O) groups is 1. The van der Waals surface area contributed by atoms with Crippen LogP contribution in [0, 0.1) is 6.92 Å². The summed E-state index contributed by atoms with van der Waals surface area (Å²) in [6.45, 7) is 3.42. The molecule has 0 fully saturated rings. The zero-order valence-electron chi connectivity index (χ0n) is 8.84. The number of Topliss-reactive ketones (excluding diaryl/α,β-unsaturated/α-hetero) is 1. The number of halogens is 1. The molecule has 2 aromatic rings. The van der Waals surface area contributed by atoms with Crippen molar-refractivity contribution in [3.05, 3.63) is 28.5 Å². The van der Waals surface area contributed by atoms with E-state index in [0.29, 0.717) is 10.8 Å². The molecule has 0 aliphatic rings. The number of fused-ring (bicyclic) bond motifs is 1. The van der Waals surface area contributed by atoms with Gasteiger partial charge >= 0.3 is 0 Å². The van der Waals surface area contributed by atoms with Crippen LogP contribution < -0.4 is 0 Å². The predicted molar refractivity (Wildman–Crippen MR) is 60.5 cm³/mol. The number of hydrogen-bond donors (Lipinski definition) is 0. The number of aromatic nitrogens is 2. The molecule has 0 N–H and O–H groups in total. The number of ketones is 1. The van der Waals surface area contributed by atoms with Gasteiger partial charge in [-0.2, -0.15) is 0 Å². The lowest BCUT2D eigenvalue weighted by Crippen LogP contribution is -2.02. The highest BCUT2D eigenvalue weighted by atomic mass is 35.5. The largest absolute Gasteiger partial charge is 0.325 e. The molecule has 0 atom stereocenters. The van der Waals surface area contributed by atoms with E-state index in [1.807, 2.05) is 26.1 Å². The number of benzene rings is 1. The summed E-state index contributed by atoms with van der Waals surface area (Å²) in [4.78, 5) is 15.6. The van der Waals surface area contributed by atoms with Gasteiger partial charge in [0.2, 0.25) is 0 Å². The first-order valence-corrected chi connectivity index (χ1v) is 5.02. The molecule has 1 heterocycles. The molecule has 1 aromatic heterocycles. The van der Waals surface area contributed by atoms with Gasteiger partial charge in [-0.25, -0.2) is 4.98 Å². The molecule has 0 bridgehead atoms. The Morgan fingerprint density at radius 1 is 1.47 bits per heavy atom. The van der Waals surface area contributed by atoms with Crippen molar-refractivity contribution in [3.63, 3.8) is 0 Å². The summed E-state index contributed by atoms with van der Waals surface area (Å²) in [5.74, 6) is 0.430. The van der Waals surface area contributed by atoms with Crippen molar-refractivity contribution in [2.75, 3.05) is 0 Å². The number of nitrogens with zero attached hydrogens (tertiary/aromatic N) is 2. The van der Waals surface area contributed by atoms with E-state index in [-0.39, 0.29) is 5.78 Å². The first kappa shape index (κ1) is 10.2. The third-order valence-corrected chi connectivity index (χ3v) is 2.96. The van der Waals surface area contributed by atoms with E-state index in [9.17, 15) is 4.79 Å². The summed E-state index contributed by atoms with van der Waals surface area (Å²) in [6.07, 6.45) is 0. The topological polar surface area (TPSA) is 34.9 Å². The first-order chi connectivity index (χ1) is 7.02. The molecule has 78 valence electrons. The molecule has 0 saturated heterocycles. The van der Waals surface area contributed by atoms with Crippen molar-refractivity contribution in [2.45, 2.75) is 13.8 Å². The van der Waals surface area contributed by atoms with Gasteiger partial charge in [-0.1, -0.05) is 11.6 Å². The van der Waals surface area contributed by atoms with Crippen molar-refractivity contribution >= 4 is 28.4 Å². The second-order valence-electron chi connectivity index (χ2n) is 3.59. The third kappa shape index (κ3) is 1.43. The van der Waals surface area contributed by atoms with Gasteiger partial charge in [-0.05, 0) is 24.6 Å². The molecule has 3 nitrogen and oxygen atoms in total. The van der Waals surface area contributed by atoms with Gasteiger partial charge in [0.1, 0.15) is 0 Å². The smallest absolute Gasteiger partial charge is 0.195 e. The Morgan fingerprint density at radius 3 is 2.73 bits per heavy atom. The maximum atomic E-state index is 11.3. The summed E-state index contributed by atoms with van der Waals surface area (Å²) in [5, 5.41) is 0.677. The van der Waals surface area contributed by atoms with Gasteiger partial charge in [0.15, 0.2) is 11.6 Å². The maximum absolute atomic E-state index is 11.3. The minimum atomic E-state index is -0.0378. The van der Waals surface area contributed by atoms with Crippen LogP contribution in [-0.2, 0) is 7.05 Å². The van der Waals surface area contributed by atoms with Crippen molar-refractivity contribution in [1.29, 1.82) is 0 Å². The first-order valence-electron chi connectivity index (χ1n) is 4.65. The highest BCUT2D eigenvalue weighted by molar-refractivity contribution is 6.32. The van der Waals surface area contributed by atoms with Crippen LogP contribution in [0.15, 0.2) is 12.1 Å². The molecular formula is C11H11ClN2O. The Labute approximate surface area is 92.7 Å². The van der Waals surface area contributed by atoms with Crippen LogP contribution in [0.4, 0.5) is 0 Å². The molecule has 0 amide bonds. The van der Waals surface area contributed by atoms with Crippen LogP contribution in [0.1, 0.15) is 23.1 Å². The number of rotatable bonds is 1. The average molecular weight is 223 g/mol. The van der Waals surface area contributed by atoms with Crippen LogP contribution in [0.3, 0.4) is 0 Å². The quantitative estimate of drug-likeness (QED) is 0.696. The molecule has 0 aliphatic heterocycles. The number of carbonyl (C=O) groups excluding carboxylic acids is 1. The van der Waals surface area contributed by atoms with Crippen LogP contribution in [-0.4, -0.2) is 15.3 Å². The zero-order chi connectivity index (χ0) is 11.2. The second-order valence-corrected chi connectivity index (χ2v) is 4.00. The van der Waals surface area contributed by atoms with E-state index in [4.69, 9.17) is 11.6 Å². The third-order valence-electron chi connectivity index (χ3n) is 2.56. The second kappa shape index (κ2) is 3.35. The molecule has 0 unspecified atom stereocenters. The highest BCUT2D eigenvalue weighted by Gasteiger charge is 2.13. The van der Waals surface area contributed by atoms with Gasteiger partial charge < -0.3 is 4.57 Å². The minimum absolute atomic E-state index is 0.0378. The van der Waals surface area contributed by atoms with Gasteiger partial charge in [-0.3, -0.25) is 4.79 Å². The van der Waals surface area contributed by atoms with Gasteiger partial charge in [0, 0.05) is 19.0 Å². The average Bonchev–Trinajstić information content (AvgIpc) is 2.51.